The first-order valence-corrected chi connectivity index (χ1v) is 4.20. The molecule has 68 valence electrons. The number of aliphatic hydroxyl groups is 1. The van der Waals surface area contributed by atoms with Crippen LogP contribution in [0.5, 0.6) is 0 Å². The van der Waals surface area contributed by atoms with Gasteiger partial charge in [-0.05, 0) is 17.2 Å². The highest BCUT2D eigenvalue weighted by atomic mass is 16.3. The molecular formula is C10H11NO2. The summed E-state index contributed by atoms with van der Waals surface area (Å²) in [6.07, 6.45) is 0. The van der Waals surface area contributed by atoms with Crippen molar-refractivity contribution >= 4 is 5.91 Å². The molecule has 1 amide bonds. The average molecular weight is 177 g/mol. The van der Waals surface area contributed by atoms with Gasteiger partial charge in [0.05, 0.1) is 6.61 Å². The van der Waals surface area contributed by atoms with E-state index in [-0.39, 0.29) is 12.5 Å². The number of fused-ring (bicyclic) bond motifs is 1. The quantitative estimate of drug-likeness (QED) is 0.688. The maximum atomic E-state index is 11.5. The Balaban J connectivity index is 2.46. The van der Waals surface area contributed by atoms with E-state index in [4.69, 9.17) is 5.11 Å². The molecule has 0 spiro atoms. The van der Waals surface area contributed by atoms with E-state index in [2.05, 4.69) is 0 Å². The topological polar surface area (TPSA) is 40.5 Å². The molecule has 1 heterocycles. The van der Waals surface area contributed by atoms with E-state index in [1.165, 1.54) is 0 Å². The second kappa shape index (κ2) is 2.85. The van der Waals surface area contributed by atoms with Crippen LogP contribution in [0.25, 0.3) is 0 Å². The van der Waals surface area contributed by atoms with Gasteiger partial charge in [-0.1, -0.05) is 12.1 Å². The Bertz CT molecular complexity index is 360. The fourth-order valence-corrected chi connectivity index (χ4v) is 1.62. The Morgan fingerprint density at radius 1 is 1.54 bits per heavy atom. The van der Waals surface area contributed by atoms with E-state index in [1.807, 2.05) is 6.07 Å². The average Bonchev–Trinajstić information content (AvgIpc) is 2.42. The van der Waals surface area contributed by atoms with Crippen LogP contribution in [0.3, 0.4) is 0 Å². The molecule has 0 saturated heterocycles. The summed E-state index contributed by atoms with van der Waals surface area (Å²) in [4.78, 5) is 13.1. The second-order valence-electron chi connectivity index (χ2n) is 3.31. The lowest BCUT2D eigenvalue weighted by molar-refractivity contribution is 0.0816. The maximum absolute atomic E-state index is 11.5. The second-order valence-corrected chi connectivity index (χ2v) is 3.31. The van der Waals surface area contributed by atoms with Crippen LogP contribution in [0.1, 0.15) is 21.5 Å². The van der Waals surface area contributed by atoms with Crippen LogP contribution in [0.2, 0.25) is 0 Å². The van der Waals surface area contributed by atoms with Crippen molar-refractivity contribution in [3.63, 3.8) is 0 Å². The third kappa shape index (κ3) is 1.21. The summed E-state index contributed by atoms with van der Waals surface area (Å²) >= 11 is 0. The summed E-state index contributed by atoms with van der Waals surface area (Å²) in [5, 5.41) is 8.90. The minimum Gasteiger partial charge on any atom is -0.392 e. The minimum atomic E-state index is 0.0329. The van der Waals surface area contributed by atoms with Crippen molar-refractivity contribution in [3.05, 3.63) is 34.9 Å². The van der Waals surface area contributed by atoms with Crippen molar-refractivity contribution < 1.29 is 9.90 Å². The Morgan fingerprint density at radius 2 is 2.31 bits per heavy atom. The van der Waals surface area contributed by atoms with Crippen LogP contribution in [0.15, 0.2) is 18.2 Å². The highest BCUT2D eigenvalue weighted by Gasteiger charge is 2.23. The van der Waals surface area contributed by atoms with Crippen LogP contribution >= 0.6 is 0 Å². The monoisotopic (exact) mass is 177 g/mol. The van der Waals surface area contributed by atoms with Gasteiger partial charge in [0, 0.05) is 19.2 Å². The molecular weight excluding hydrogens is 166 g/mol. The first kappa shape index (κ1) is 8.26. The lowest BCUT2D eigenvalue weighted by atomic mass is 10.1. The van der Waals surface area contributed by atoms with Gasteiger partial charge >= 0.3 is 0 Å². The van der Waals surface area contributed by atoms with Crippen molar-refractivity contribution in [3.8, 4) is 0 Å². The van der Waals surface area contributed by atoms with Gasteiger partial charge in [-0.25, -0.2) is 0 Å². The minimum absolute atomic E-state index is 0.0329. The van der Waals surface area contributed by atoms with Crippen molar-refractivity contribution in [2.75, 3.05) is 7.05 Å². The van der Waals surface area contributed by atoms with E-state index < -0.39 is 0 Å². The third-order valence-corrected chi connectivity index (χ3v) is 2.34. The number of carbonyl (C=O) groups excluding carboxylic acids is 1. The van der Waals surface area contributed by atoms with Crippen molar-refractivity contribution in [1.29, 1.82) is 0 Å². The van der Waals surface area contributed by atoms with Crippen LogP contribution in [-0.2, 0) is 13.2 Å². The molecule has 2 rings (SSSR count). The van der Waals surface area contributed by atoms with Crippen LogP contribution in [0, 0.1) is 0 Å². The zero-order valence-corrected chi connectivity index (χ0v) is 7.45. The summed E-state index contributed by atoms with van der Waals surface area (Å²) < 4.78 is 0. The first-order chi connectivity index (χ1) is 6.22. The molecule has 0 atom stereocenters. The molecule has 3 nitrogen and oxygen atoms in total. The molecule has 0 aliphatic carbocycles. The molecule has 0 radical (unpaired) electrons. The Kier molecular flexibility index (Phi) is 1.81. The summed E-state index contributed by atoms with van der Waals surface area (Å²) in [7, 11) is 1.78. The fraction of sp³-hybridized carbons (Fsp3) is 0.300. The van der Waals surface area contributed by atoms with Gasteiger partial charge in [0.2, 0.25) is 0 Å². The van der Waals surface area contributed by atoms with Gasteiger partial charge in [0.15, 0.2) is 0 Å². The summed E-state index contributed by atoms with van der Waals surface area (Å²) in [6.45, 7) is 0.688. The number of amides is 1. The van der Waals surface area contributed by atoms with E-state index in [9.17, 15) is 4.79 Å². The van der Waals surface area contributed by atoms with E-state index in [1.54, 1.807) is 24.1 Å². The number of nitrogens with zero attached hydrogens (tertiary/aromatic N) is 1. The fourth-order valence-electron chi connectivity index (χ4n) is 1.62. The molecule has 3 heteroatoms. The number of carbonyl (C=O) groups is 1. The first-order valence-electron chi connectivity index (χ1n) is 4.20. The summed E-state index contributed by atoms with van der Waals surface area (Å²) in [6, 6.07) is 5.46. The van der Waals surface area contributed by atoms with E-state index in [0.717, 1.165) is 16.7 Å². The molecule has 1 N–H and O–H groups in total. The number of benzene rings is 1. The molecule has 0 fully saturated rings. The lowest BCUT2D eigenvalue weighted by Gasteiger charge is -2.04. The summed E-state index contributed by atoms with van der Waals surface area (Å²) in [5.41, 5.74) is 2.64. The van der Waals surface area contributed by atoms with Gasteiger partial charge < -0.3 is 10.0 Å². The Morgan fingerprint density at radius 3 is 3.00 bits per heavy atom. The normalized spacial score (nSPS) is 14.9. The number of rotatable bonds is 1. The lowest BCUT2D eigenvalue weighted by Crippen LogP contribution is -2.17. The van der Waals surface area contributed by atoms with Gasteiger partial charge in [0.25, 0.3) is 5.91 Å². The van der Waals surface area contributed by atoms with Crippen molar-refractivity contribution in [1.82, 2.24) is 4.90 Å². The standard InChI is InChI=1S/C10H11NO2/c1-11-5-8-4-7(6-12)2-3-9(8)10(11)13/h2-4,12H,5-6H2,1H3. The molecule has 1 aromatic carbocycles. The number of hydrogen-bond donors (Lipinski definition) is 1. The molecule has 1 aliphatic heterocycles. The summed E-state index contributed by atoms with van der Waals surface area (Å²) in [5.74, 6) is 0.0690. The molecule has 0 unspecified atom stereocenters. The molecule has 0 bridgehead atoms. The van der Waals surface area contributed by atoms with Crippen LogP contribution in [-0.4, -0.2) is 23.0 Å². The molecule has 0 saturated carbocycles. The largest absolute Gasteiger partial charge is 0.392 e. The van der Waals surface area contributed by atoms with Crippen molar-refractivity contribution in [2.24, 2.45) is 0 Å². The zero-order valence-electron chi connectivity index (χ0n) is 7.45. The molecule has 13 heavy (non-hydrogen) atoms. The van der Waals surface area contributed by atoms with Gasteiger partial charge in [-0.3, -0.25) is 4.79 Å². The SMILES string of the molecule is CN1Cc2cc(CO)ccc2C1=O. The smallest absolute Gasteiger partial charge is 0.254 e. The molecule has 0 aromatic heterocycles. The van der Waals surface area contributed by atoms with E-state index in [0.29, 0.717) is 6.54 Å². The van der Waals surface area contributed by atoms with E-state index >= 15 is 0 Å². The maximum Gasteiger partial charge on any atom is 0.254 e. The van der Waals surface area contributed by atoms with Gasteiger partial charge in [-0.2, -0.15) is 0 Å². The number of aliphatic hydroxyl groups excluding tert-OH is 1. The Labute approximate surface area is 76.6 Å². The number of hydrogen-bond acceptors (Lipinski definition) is 2. The molecule has 1 aliphatic rings. The highest BCUT2D eigenvalue weighted by Crippen LogP contribution is 2.22. The van der Waals surface area contributed by atoms with Crippen molar-refractivity contribution in [2.45, 2.75) is 13.2 Å². The highest BCUT2D eigenvalue weighted by molar-refractivity contribution is 5.98. The third-order valence-electron chi connectivity index (χ3n) is 2.34. The predicted octanol–water partition coefficient (Wildman–Crippen LogP) is 0.765. The molecule has 1 aromatic rings. The van der Waals surface area contributed by atoms with Crippen LogP contribution in [0.4, 0.5) is 0 Å². The predicted molar refractivity (Wildman–Crippen MR) is 48.2 cm³/mol. The van der Waals surface area contributed by atoms with Gasteiger partial charge in [-0.15, -0.1) is 0 Å². The zero-order chi connectivity index (χ0) is 9.42. The van der Waals surface area contributed by atoms with Gasteiger partial charge in [0.1, 0.15) is 0 Å². The van der Waals surface area contributed by atoms with Crippen LogP contribution < -0.4 is 0 Å². The Hall–Kier alpha value is -1.35.